The molecule has 0 spiro atoms. The standard InChI is InChI=1S/C35H39N5O3/c1-24-12-13-28(21-37-24)29-17-25(22-40-16-8-11-30(23-40)39-34(42)43-35(2,3)4)18-31(19-29)38-33(41)32-20-27(14-15-36-32)26-9-6-5-7-10-26/h5-7,9-10,12-15,17-21,30H,8,11,16,22-23H2,1-4H3,(H,38,41)(H,39,42)/t30-/m0/s1. The Hall–Kier alpha value is -4.56. The summed E-state index contributed by atoms with van der Waals surface area (Å²) in [7, 11) is 0. The van der Waals surface area contributed by atoms with Gasteiger partial charge in [0.25, 0.3) is 5.91 Å². The van der Waals surface area contributed by atoms with Crippen LogP contribution >= 0.6 is 0 Å². The quantitative estimate of drug-likeness (QED) is 0.249. The predicted molar refractivity (Wildman–Crippen MR) is 170 cm³/mol. The summed E-state index contributed by atoms with van der Waals surface area (Å²) in [6, 6.07) is 23.8. The first-order chi connectivity index (χ1) is 20.6. The highest BCUT2D eigenvalue weighted by molar-refractivity contribution is 6.03. The van der Waals surface area contributed by atoms with Crippen molar-refractivity contribution in [3.63, 3.8) is 0 Å². The third-order valence-electron chi connectivity index (χ3n) is 7.23. The van der Waals surface area contributed by atoms with Crippen LogP contribution in [0.5, 0.6) is 0 Å². The minimum absolute atomic E-state index is 0.00946. The maximum Gasteiger partial charge on any atom is 0.407 e. The summed E-state index contributed by atoms with van der Waals surface area (Å²) in [5, 5.41) is 6.11. The Bertz CT molecular complexity index is 1560. The number of carbonyl (C=O) groups excluding carboxylic acids is 2. The zero-order valence-corrected chi connectivity index (χ0v) is 25.3. The van der Waals surface area contributed by atoms with Crippen LogP contribution in [0.3, 0.4) is 0 Å². The fourth-order valence-electron chi connectivity index (χ4n) is 5.27. The predicted octanol–water partition coefficient (Wildman–Crippen LogP) is 6.86. The van der Waals surface area contributed by atoms with E-state index in [0.29, 0.717) is 24.5 Å². The van der Waals surface area contributed by atoms with E-state index in [9.17, 15) is 9.59 Å². The molecule has 1 fully saturated rings. The molecule has 2 N–H and O–H groups in total. The summed E-state index contributed by atoms with van der Waals surface area (Å²) >= 11 is 0. The number of likely N-dealkylation sites (tertiary alicyclic amines) is 1. The second kappa shape index (κ2) is 13.2. The number of hydrogen-bond donors (Lipinski definition) is 2. The van der Waals surface area contributed by atoms with Gasteiger partial charge in [0.1, 0.15) is 11.3 Å². The summed E-state index contributed by atoms with van der Waals surface area (Å²) in [5.74, 6) is -0.275. The number of alkyl carbamates (subject to hydrolysis) is 1. The molecule has 0 bridgehead atoms. The number of benzene rings is 2. The maximum absolute atomic E-state index is 13.4. The molecule has 2 amide bonds. The van der Waals surface area contributed by atoms with E-state index in [2.05, 4.69) is 31.6 Å². The smallest absolute Gasteiger partial charge is 0.407 e. The molecule has 1 saturated heterocycles. The topological polar surface area (TPSA) is 96.5 Å². The van der Waals surface area contributed by atoms with Gasteiger partial charge in [-0.1, -0.05) is 36.4 Å². The van der Waals surface area contributed by atoms with Crippen LogP contribution in [0.1, 0.15) is 55.4 Å². The highest BCUT2D eigenvalue weighted by atomic mass is 16.6. The van der Waals surface area contributed by atoms with E-state index in [1.54, 1.807) is 6.20 Å². The number of ether oxygens (including phenoxy) is 1. The van der Waals surface area contributed by atoms with Gasteiger partial charge in [0.15, 0.2) is 0 Å². The molecule has 8 nitrogen and oxygen atoms in total. The fourth-order valence-corrected chi connectivity index (χ4v) is 5.27. The largest absolute Gasteiger partial charge is 0.444 e. The summed E-state index contributed by atoms with van der Waals surface area (Å²) < 4.78 is 5.47. The first kappa shape index (κ1) is 29.9. The zero-order chi connectivity index (χ0) is 30.4. The molecule has 0 radical (unpaired) electrons. The van der Waals surface area contributed by atoms with Crippen molar-refractivity contribution in [1.82, 2.24) is 20.2 Å². The van der Waals surface area contributed by atoms with E-state index in [-0.39, 0.29) is 18.0 Å². The molecule has 222 valence electrons. The van der Waals surface area contributed by atoms with Crippen molar-refractivity contribution < 1.29 is 14.3 Å². The van der Waals surface area contributed by atoms with Gasteiger partial charge in [0, 0.05) is 48.5 Å². The second-order valence-electron chi connectivity index (χ2n) is 12.1. The Morgan fingerprint density at radius 1 is 0.930 bits per heavy atom. The molecule has 8 heteroatoms. The Labute approximate surface area is 253 Å². The van der Waals surface area contributed by atoms with Crippen molar-refractivity contribution in [3.8, 4) is 22.3 Å². The maximum atomic E-state index is 13.4. The van der Waals surface area contributed by atoms with Gasteiger partial charge in [0.2, 0.25) is 0 Å². The molecule has 1 aliphatic heterocycles. The van der Waals surface area contributed by atoms with Gasteiger partial charge in [-0.25, -0.2) is 4.79 Å². The number of carbonyl (C=O) groups is 2. The molecular weight excluding hydrogens is 538 g/mol. The SMILES string of the molecule is Cc1ccc(-c2cc(CN3CCC[C@H](NC(=O)OC(C)(C)C)C3)cc(NC(=O)c3cc(-c4ccccc4)ccn3)c2)cn1. The number of nitrogens with one attached hydrogen (secondary N) is 2. The van der Waals surface area contributed by atoms with Crippen LogP contribution in [0.15, 0.2) is 85.2 Å². The molecule has 3 heterocycles. The van der Waals surface area contributed by atoms with Crippen LogP contribution in [-0.4, -0.2) is 51.6 Å². The van der Waals surface area contributed by atoms with Gasteiger partial charge >= 0.3 is 6.09 Å². The van der Waals surface area contributed by atoms with Crippen LogP contribution in [-0.2, 0) is 11.3 Å². The minimum atomic E-state index is -0.539. The van der Waals surface area contributed by atoms with Gasteiger partial charge in [-0.2, -0.15) is 0 Å². The van der Waals surface area contributed by atoms with Gasteiger partial charge in [0.05, 0.1) is 0 Å². The minimum Gasteiger partial charge on any atom is -0.444 e. The fraction of sp³-hybridized carbons (Fsp3) is 0.314. The van der Waals surface area contributed by atoms with Crippen LogP contribution in [0, 0.1) is 6.92 Å². The summed E-state index contributed by atoms with van der Waals surface area (Å²) in [6.45, 7) is 9.85. The van der Waals surface area contributed by atoms with Crippen LogP contribution in [0.4, 0.5) is 10.5 Å². The molecule has 1 atom stereocenters. The molecule has 43 heavy (non-hydrogen) atoms. The van der Waals surface area contributed by atoms with Crippen molar-refractivity contribution in [2.75, 3.05) is 18.4 Å². The molecule has 0 aliphatic carbocycles. The molecule has 4 aromatic rings. The van der Waals surface area contributed by atoms with E-state index < -0.39 is 5.60 Å². The number of piperidine rings is 1. The normalized spacial score (nSPS) is 15.5. The lowest BCUT2D eigenvalue weighted by Crippen LogP contribution is -2.48. The molecule has 0 saturated carbocycles. The van der Waals surface area contributed by atoms with E-state index >= 15 is 0 Å². The second-order valence-corrected chi connectivity index (χ2v) is 12.1. The van der Waals surface area contributed by atoms with Crippen molar-refractivity contribution in [1.29, 1.82) is 0 Å². The van der Waals surface area contributed by atoms with E-state index in [0.717, 1.165) is 52.9 Å². The van der Waals surface area contributed by atoms with Crippen molar-refractivity contribution in [2.24, 2.45) is 0 Å². The van der Waals surface area contributed by atoms with Gasteiger partial charge in [-0.15, -0.1) is 0 Å². The third kappa shape index (κ3) is 8.49. The number of hydrogen-bond acceptors (Lipinski definition) is 6. The van der Waals surface area contributed by atoms with Crippen LogP contribution in [0.2, 0.25) is 0 Å². The lowest BCUT2D eigenvalue weighted by Gasteiger charge is -2.33. The Morgan fingerprint density at radius 2 is 1.74 bits per heavy atom. The number of aryl methyl sites for hydroxylation is 1. The van der Waals surface area contributed by atoms with Gasteiger partial charge in [-0.05, 0) is 106 Å². The number of anilines is 1. The third-order valence-corrected chi connectivity index (χ3v) is 7.23. The Balaban J connectivity index is 1.36. The number of nitrogens with zero attached hydrogens (tertiary/aromatic N) is 3. The van der Waals surface area contributed by atoms with Crippen molar-refractivity contribution in [2.45, 2.75) is 58.7 Å². The van der Waals surface area contributed by atoms with Gasteiger partial charge < -0.3 is 15.4 Å². The molecule has 5 rings (SSSR count). The lowest BCUT2D eigenvalue weighted by molar-refractivity contribution is 0.0470. The van der Waals surface area contributed by atoms with E-state index in [1.807, 2.05) is 101 Å². The first-order valence-electron chi connectivity index (χ1n) is 14.7. The zero-order valence-electron chi connectivity index (χ0n) is 25.3. The lowest BCUT2D eigenvalue weighted by atomic mass is 10.0. The molecule has 2 aromatic heterocycles. The summed E-state index contributed by atoms with van der Waals surface area (Å²) in [5.41, 5.74) is 6.37. The monoisotopic (exact) mass is 577 g/mol. The number of aromatic nitrogens is 2. The number of amides is 2. The van der Waals surface area contributed by atoms with Gasteiger partial charge in [-0.3, -0.25) is 19.7 Å². The van der Waals surface area contributed by atoms with Crippen molar-refractivity contribution in [3.05, 3.63) is 102 Å². The molecule has 2 aromatic carbocycles. The highest BCUT2D eigenvalue weighted by Gasteiger charge is 2.24. The van der Waals surface area contributed by atoms with Crippen molar-refractivity contribution >= 4 is 17.7 Å². The first-order valence-corrected chi connectivity index (χ1v) is 14.7. The summed E-state index contributed by atoms with van der Waals surface area (Å²) in [4.78, 5) is 36.9. The molecule has 1 aliphatic rings. The Morgan fingerprint density at radius 3 is 2.49 bits per heavy atom. The van der Waals surface area contributed by atoms with Crippen LogP contribution < -0.4 is 10.6 Å². The summed E-state index contributed by atoms with van der Waals surface area (Å²) in [6.07, 6.45) is 5.00. The van der Waals surface area contributed by atoms with E-state index in [1.165, 1.54) is 0 Å². The highest BCUT2D eigenvalue weighted by Crippen LogP contribution is 2.27. The average molecular weight is 578 g/mol. The Kier molecular flexibility index (Phi) is 9.16. The molecular formula is C35H39N5O3. The number of pyridine rings is 2. The number of rotatable bonds is 7. The molecule has 0 unspecified atom stereocenters. The van der Waals surface area contributed by atoms with Crippen LogP contribution in [0.25, 0.3) is 22.3 Å². The average Bonchev–Trinajstić information content (AvgIpc) is 2.97. The van der Waals surface area contributed by atoms with E-state index in [4.69, 9.17) is 4.74 Å².